The summed E-state index contributed by atoms with van der Waals surface area (Å²) in [5.41, 5.74) is 1.68. The lowest BCUT2D eigenvalue weighted by Crippen LogP contribution is -2.37. The zero-order valence-electron chi connectivity index (χ0n) is 14.1. The number of pyridine rings is 1. The predicted molar refractivity (Wildman–Crippen MR) is 88.2 cm³/mol. The molecule has 0 aliphatic carbocycles. The third-order valence-electron chi connectivity index (χ3n) is 3.71. The number of unbranched alkanes of at least 4 members (excludes halogenated alkanes) is 1. The standard InChI is InChI=1S/C16H17ClF3N3O3/c1-3-4-7-26-8-10-9(2)14(24)23(15(10)25)22-12-6-5-11(13(17)21-12)16(18,19)20/h5-6H,3-4,7-8H2,1-2H3,(H,21,22). The third-order valence-corrected chi connectivity index (χ3v) is 4.00. The molecular weight excluding hydrogens is 375 g/mol. The number of amides is 2. The molecule has 0 unspecified atom stereocenters. The Morgan fingerprint density at radius 2 is 1.96 bits per heavy atom. The molecule has 6 nitrogen and oxygen atoms in total. The fraction of sp³-hybridized carbons (Fsp3) is 0.438. The summed E-state index contributed by atoms with van der Waals surface area (Å²) in [4.78, 5) is 28.1. The summed E-state index contributed by atoms with van der Waals surface area (Å²) in [6.07, 6.45) is -2.90. The van der Waals surface area contributed by atoms with E-state index in [0.717, 1.165) is 25.0 Å². The van der Waals surface area contributed by atoms with Crippen LogP contribution in [0.1, 0.15) is 32.3 Å². The van der Waals surface area contributed by atoms with Crippen LogP contribution in [0.5, 0.6) is 0 Å². The molecule has 0 saturated carbocycles. The molecule has 2 rings (SSSR count). The first-order chi connectivity index (χ1) is 12.2. The number of nitrogens with zero attached hydrogens (tertiary/aromatic N) is 2. The molecular formula is C16H17ClF3N3O3. The number of hydrogen-bond acceptors (Lipinski definition) is 5. The van der Waals surface area contributed by atoms with E-state index in [1.807, 2.05) is 6.92 Å². The summed E-state index contributed by atoms with van der Waals surface area (Å²) in [6, 6.07) is 1.71. The molecule has 0 bridgehead atoms. The first-order valence-corrected chi connectivity index (χ1v) is 8.21. The molecule has 1 aromatic heterocycles. The Bertz CT molecular complexity index is 750. The van der Waals surface area contributed by atoms with Gasteiger partial charge in [0.15, 0.2) is 0 Å². The van der Waals surface area contributed by atoms with Gasteiger partial charge in [0.1, 0.15) is 11.0 Å². The lowest BCUT2D eigenvalue weighted by Gasteiger charge is -2.17. The van der Waals surface area contributed by atoms with Gasteiger partial charge in [-0.15, -0.1) is 0 Å². The molecule has 0 saturated heterocycles. The molecule has 0 spiro atoms. The Kier molecular flexibility index (Phi) is 6.25. The number of rotatable bonds is 7. The van der Waals surface area contributed by atoms with Crippen LogP contribution in [0.15, 0.2) is 23.3 Å². The highest BCUT2D eigenvalue weighted by atomic mass is 35.5. The van der Waals surface area contributed by atoms with E-state index in [4.69, 9.17) is 16.3 Å². The largest absolute Gasteiger partial charge is 0.419 e. The maximum atomic E-state index is 12.7. The van der Waals surface area contributed by atoms with Crippen LogP contribution in [0.25, 0.3) is 0 Å². The van der Waals surface area contributed by atoms with E-state index in [9.17, 15) is 22.8 Å². The number of hydrogen-bond donors (Lipinski definition) is 1. The third kappa shape index (κ3) is 4.34. The normalized spacial score (nSPS) is 15.2. The molecule has 10 heteroatoms. The molecule has 1 aliphatic rings. The van der Waals surface area contributed by atoms with Gasteiger partial charge in [0.25, 0.3) is 11.8 Å². The van der Waals surface area contributed by atoms with Crippen LogP contribution in [0.2, 0.25) is 5.15 Å². The molecule has 0 fully saturated rings. The average Bonchev–Trinajstić information content (AvgIpc) is 2.75. The van der Waals surface area contributed by atoms with Crippen LogP contribution >= 0.6 is 11.6 Å². The lowest BCUT2D eigenvalue weighted by atomic mass is 10.2. The predicted octanol–water partition coefficient (Wildman–Crippen LogP) is 3.58. The molecule has 0 atom stereocenters. The Hall–Kier alpha value is -2.13. The van der Waals surface area contributed by atoms with Crippen molar-refractivity contribution >= 4 is 29.2 Å². The van der Waals surface area contributed by atoms with Crippen molar-refractivity contribution in [3.63, 3.8) is 0 Å². The SMILES string of the molecule is CCCCOCC1=C(C)C(=O)N(Nc2ccc(C(F)(F)F)c(Cl)n2)C1=O. The number of hydrazine groups is 1. The van der Waals surface area contributed by atoms with Gasteiger partial charge >= 0.3 is 6.18 Å². The number of ether oxygens (including phenoxy) is 1. The smallest absolute Gasteiger partial charge is 0.377 e. The summed E-state index contributed by atoms with van der Waals surface area (Å²) in [5.74, 6) is -1.42. The first kappa shape index (κ1) is 20.2. The van der Waals surface area contributed by atoms with Crippen LogP contribution < -0.4 is 5.43 Å². The van der Waals surface area contributed by atoms with E-state index in [0.29, 0.717) is 11.6 Å². The fourth-order valence-electron chi connectivity index (χ4n) is 2.20. The summed E-state index contributed by atoms with van der Waals surface area (Å²) in [7, 11) is 0. The van der Waals surface area contributed by atoms with E-state index >= 15 is 0 Å². The van der Waals surface area contributed by atoms with Crippen molar-refractivity contribution in [1.82, 2.24) is 9.99 Å². The lowest BCUT2D eigenvalue weighted by molar-refractivity contribution is -0.138. The van der Waals surface area contributed by atoms with Crippen LogP contribution in [-0.2, 0) is 20.5 Å². The Balaban J connectivity index is 2.10. The minimum Gasteiger partial charge on any atom is -0.377 e. The van der Waals surface area contributed by atoms with Crippen molar-refractivity contribution in [2.75, 3.05) is 18.6 Å². The van der Waals surface area contributed by atoms with Gasteiger partial charge in [-0.2, -0.15) is 18.2 Å². The van der Waals surface area contributed by atoms with Crippen molar-refractivity contribution in [2.45, 2.75) is 32.9 Å². The maximum Gasteiger partial charge on any atom is 0.419 e. The summed E-state index contributed by atoms with van der Waals surface area (Å²) in [5, 5.41) is -0.103. The molecule has 1 aromatic rings. The Morgan fingerprint density at radius 1 is 1.27 bits per heavy atom. The fourth-order valence-corrected chi connectivity index (χ4v) is 2.46. The first-order valence-electron chi connectivity index (χ1n) is 7.83. The van der Waals surface area contributed by atoms with E-state index in [1.54, 1.807) is 0 Å². The number of carbonyl (C=O) groups is 2. The van der Waals surface area contributed by atoms with Gasteiger partial charge < -0.3 is 4.74 Å². The monoisotopic (exact) mass is 391 g/mol. The second-order valence-corrected chi connectivity index (χ2v) is 5.96. The van der Waals surface area contributed by atoms with Crippen molar-refractivity contribution in [1.29, 1.82) is 0 Å². The number of imide groups is 1. The Morgan fingerprint density at radius 3 is 2.54 bits per heavy atom. The average molecular weight is 392 g/mol. The van der Waals surface area contributed by atoms with Crippen LogP contribution in [-0.4, -0.2) is 35.0 Å². The molecule has 2 amide bonds. The second kappa shape index (κ2) is 8.05. The highest BCUT2D eigenvalue weighted by Crippen LogP contribution is 2.34. The minimum atomic E-state index is -4.65. The van der Waals surface area contributed by atoms with Crippen molar-refractivity contribution < 1.29 is 27.5 Å². The van der Waals surface area contributed by atoms with E-state index in [1.165, 1.54) is 6.92 Å². The van der Waals surface area contributed by atoms with E-state index in [-0.39, 0.29) is 23.6 Å². The molecule has 26 heavy (non-hydrogen) atoms. The van der Waals surface area contributed by atoms with E-state index in [2.05, 4.69) is 10.4 Å². The quantitative estimate of drug-likeness (QED) is 0.437. The zero-order valence-corrected chi connectivity index (χ0v) is 14.9. The number of alkyl halides is 3. The van der Waals surface area contributed by atoms with Gasteiger partial charge in [0.05, 0.1) is 17.7 Å². The highest BCUT2D eigenvalue weighted by molar-refractivity contribution is 6.30. The van der Waals surface area contributed by atoms with Crippen LogP contribution in [0.4, 0.5) is 19.0 Å². The molecule has 1 aliphatic heterocycles. The number of carbonyl (C=O) groups excluding carboxylic acids is 2. The van der Waals surface area contributed by atoms with E-state index < -0.39 is 28.7 Å². The van der Waals surface area contributed by atoms with Crippen molar-refractivity contribution in [2.24, 2.45) is 0 Å². The van der Waals surface area contributed by atoms with Gasteiger partial charge in [-0.1, -0.05) is 24.9 Å². The molecule has 2 heterocycles. The van der Waals surface area contributed by atoms with Gasteiger partial charge in [0, 0.05) is 12.2 Å². The minimum absolute atomic E-state index is 0.0181. The molecule has 1 N–H and O–H groups in total. The molecule has 0 aromatic carbocycles. The molecule has 142 valence electrons. The summed E-state index contributed by atoms with van der Waals surface area (Å²) in [6.45, 7) is 3.91. The number of aromatic nitrogens is 1. The maximum absolute atomic E-state index is 12.7. The highest BCUT2D eigenvalue weighted by Gasteiger charge is 2.37. The van der Waals surface area contributed by atoms with Gasteiger partial charge in [-0.05, 0) is 25.5 Å². The number of halogens is 4. The van der Waals surface area contributed by atoms with Crippen molar-refractivity contribution in [3.05, 3.63) is 34.0 Å². The summed E-state index contributed by atoms with van der Waals surface area (Å²) >= 11 is 5.54. The molecule has 0 radical (unpaired) electrons. The van der Waals surface area contributed by atoms with Crippen LogP contribution in [0.3, 0.4) is 0 Å². The van der Waals surface area contributed by atoms with Gasteiger partial charge in [0.2, 0.25) is 0 Å². The second-order valence-electron chi connectivity index (χ2n) is 5.60. The zero-order chi connectivity index (χ0) is 19.5. The topological polar surface area (TPSA) is 71.5 Å². The van der Waals surface area contributed by atoms with Gasteiger partial charge in [-0.25, -0.2) is 4.98 Å². The number of nitrogens with one attached hydrogen (secondary N) is 1. The summed E-state index contributed by atoms with van der Waals surface area (Å²) < 4.78 is 43.5. The number of anilines is 1. The van der Waals surface area contributed by atoms with Crippen LogP contribution in [0, 0.1) is 0 Å². The van der Waals surface area contributed by atoms with Gasteiger partial charge in [-0.3, -0.25) is 15.0 Å². The Labute approximate surface area is 152 Å². The van der Waals surface area contributed by atoms with Crippen molar-refractivity contribution in [3.8, 4) is 0 Å².